The minimum atomic E-state index is -1.69. The molecule has 3 aromatic rings. The molecule has 0 fully saturated rings. The third-order valence-electron chi connectivity index (χ3n) is 4.33. The molecule has 1 heterocycles. The smallest absolute Gasteiger partial charge is 0.345 e. The maximum absolute atomic E-state index is 11.5. The van der Waals surface area contributed by atoms with Gasteiger partial charge in [0.2, 0.25) is 6.33 Å². The van der Waals surface area contributed by atoms with Crippen molar-refractivity contribution >= 4 is 7.32 Å². The maximum atomic E-state index is 11.5. The molecular formula is C22H29BN2O5. The van der Waals surface area contributed by atoms with Crippen molar-refractivity contribution in [1.29, 1.82) is 0 Å². The Kier molecular flexibility index (Phi) is 9.93. The van der Waals surface area contributed by atoms with E-state index < -0.39 is 7.32 Å². The molecular weight excluding hydrogens is 383 g/mol. The van der Waals surface area contributed by atoms with Crippen molar-refractivity contribution in [1.82, 2.24) is 4.57 Å². The molecule has 0 atom stereocenters. The molecule has 3 rings (SSSR count). The molecule has 160 valence electrons. The van der Waals surface area contributed by atoms with Gasteiger partial charge in [0.1, 0.15) is 23.9 Å². The highest BCUT2D eigenvalue weighted by molar-refractivity contribution is 6.32. The van der Waals surface area contributed by atoms with Crippen LogP contribution in [0.25, 0.3) is 0 Å². The SMILES string of the molecule is CCCCn1cc[n+](C)c1.[O-]B(OCc1ccccc1O)OCc1ccccc1O. The zero-order valence-electron chi connectivity index (χ0n) is 17.5. The summed E-state index contributed by atoms with van der Waals surface area (Å²) in [4.78, 5) is 0. The summed E-state index contributed by atoms with van der Waals surface area (Å²) in [5.74, 6) is 0.140. The number of phenols is 2. The number of hydrogen-bond acceptors (Lipinski definition) is 5. The highest BCUT2D eigenvalue weighted by atomic mass is 16.7. The van der Waals surface area contributed by atoms with Gasteiger partial charge in [-0.15, -0.1) is 0 Å². The fourth-order valence-electron chi connectivity index (χ4n) is 2.60. The molecule has 0 saturated carbocycles. The van der Waals surface area contributed by atoms with Crippen molar-refractivity contribution < 1.29 is 29.1 Å². The van der Waals surface area contributed by atoms with E-state index in [4.69, 9.17) is 9.31 Å². The number of hydrogen-bond donors (Lipinski definition) is 2. The van der Waals surface area contributed by atoms with Gasteiger partial charge in [0, 0.05) is 11.1 Å². The molecule has 0 amide bonds. The number of imidazole rings is 1. The van der Waals surface area contributed by atoms with Crippen molar-refractivity contribution in [2.24, 2.45) is 7.05 Å². The predicted molar refractivity (Wildman–Crippen MR) is 112 cm³/mol. The summed E-state index contributed by atoms with van der Waals surface area (Å²) in [6, 6.07) is 13.2. The van der Waals surface area contributed by atoms with Gasteiger partial charge in [0.25, 0.3) is 0 Å². The molecule has 0 bridgehead atoms. The zero-order valence-corrected chi connectivity index (χ0v) is 17.5. The van der Waals surface area contributed by atoms with Crippen LogP contribution in [0.2, 0.25) is 0 Å². The van der Waals surface area contributed by atoms with Gasteiger partial charge in [-0.25, -0.2) is 9.13 Å². The quantitative estimate of drug-likeness (QED) is 0.416. The summed E-state index contributed by atoms with van der Waals surface area (Å²) in [6.45, 7) is 3.28. The molecule has 7 nitrogen and oxygen atoms in total. The summed E-state index contributed by atoms with van der Waals surface area (Å²) < 4.78 is 14.2. The fraction of sp³-hybridized carbons (Fsp3) is 0.318. The van der Waals surface area contributed by atoms with Crippen LogP contribution in [0.1, 0.15) is 30.9 Å². The number of nitrogens with zero attached hydrogens (tertiary/aromatic N) is 2. The standard InChI is InChI=1S/C14H14BO5.C8H15N2/c16-13-7-3-1-5-11(13)9-19-15(18)20-10-12-6-2-4-8-14(12)17;1-3-4-5-10-7-6-9(2)8-10/h1-8,16-17H,9-10H2;6-8H,3-5H2,1-2H3/q-1;+1. The minimum Gasteiger partial charge on any atom is -0.832 e. The van der Waals surface area contributed by atoms with Crippen LogP contribution >= 0.6 is 0 Å². The highest BCUT2D eigenvalue weighted by Gasteiger charge is 2.06. The lowest BCUT2D eigenvalue weighted by Gasteiger charge is -2.20. The Hall–Kier alpha value is -2.81. The zero-order chi connectivity index (χ0) is 21.8. The normalized spacial score (nSPS) is 10.4. The van der Waals surface area contributed by atoms with E-state index >= 15 is 0 Å². The summed E-state index contributed by atoms with van der Waals surface area (Å²) >= 11 is 0. The van der Waals surface area contributed by atoms with Crippen molar-refractivity contribution in [3.05, 3.63) is 78.4 Å². The third-order valence-corrected chi connectivity index (χ3v) is 4.33. The molecule has 2 aromatic carbocycles. The molecule has 0 saturated heterocycles. The van der Waals surface area contributed by atoms with Crippen molar-refractivity contribution in [3.63, 3.8) is 0 Å². The van der Waals surface area contributed by atoms with E-state index in [1.165, 1.54) is 25.0 Å². The molecule has 0 spiro atoms. The number of aromatic nitrogens is 2. The summed E-state index contributed by atoms with van der Waals surface area (Å²) in [5.41, 5.74) is 1.03. The molecule has 0 unspecified atom stereocenters. The fourth-order valence-corrected chi connectivity index (χ4v) is 2.60. The minimum absolute atomic E-state index is 0.0401. The number of rotatable bonds is 9. The first kappa shape index (κ1) is 23.5. The van der Waals surface area contributed by atoms with Crippen molar-refractivity contribution in [3.8, 4) is 11.5 Å². The molecule has 0 aliphatic rings. The second-order valence-electron chi connectivity index (χ2n) is 6.84. The van der Waals surface area contributed by atoms with Crippen LogP contribution in [0.3, 0.4) is 0 Å². The van der Waals surface area contributed by atoms with E-state index in [9.17, 15) is 15.2 Å². The average molecular weight is 412 g/mol. The van der Waals surface area contributed by atoms with E-state index in [0.717, 1.165) is 6.54 Å². The topological polar surface area (TPSA) is 90.8 Å². The van der Waals surface area contributed by atoms with E-state index in [2.05, 4.69) is 34.8 Å². The highest BCUT2D eigenvalue weighted by Crippen LogP contribution is 2.18. The van der Waals surface area contributed by atoms with E-state index in [-0.39, 0.29) is 24.7 Å². The van der Waals surface area contributed by atoms with E-state index in [0.29, 0.717) is 11.1 Å². The number of aryl methyl sites for hydroxylation is 2. The first-order valence-electron chi connectivity index (χ1n) is 9.93. The molecule has 2 N–H and O–H groups in total. The van der Waals surface area contributed by atoms with Gasteiger partial charge in [-0.3, -0.25) is 0 Å². The Morgan fingerprint density at radius 3 is 1.93 bits per heavy atom. The third kappa shape index (κ3) is 8.28. The molecule has 0 aliphatic carbocycles. The lowest BCUT2D eigenvalue weighted by atomic mass is 10.1. The Labute approximate surface area is 177 Å². The predicted octanol–water partition coefficient (Wildman–Crippen LogP) is 2.29. The second kappa shape index (κ2) is 12.7. The monoisotopic (exact) mass is 412 g/mol. The first-order valence-corrected chi connectivity index (χ1v) is 9.93. The first-order chi connectivity index (χ1) is 14.5. The Morgan fingerprint density at radius 2 is 1.50 bits per heavy atom. The van der Waals surface area contributed by atoms with E-state index in [1.54, 1.807) is 36.4 Å². The van der Waals surface area contributed by atoms with Crippen LogP contribution in [0.4, 0.5) is 0 Å². The van der Waals surface area contributed by atoms with E-state index in [1.807, 2.05) is 7.05 Å². The van der Waals surface area contributed by atoms with Crippen LogP contribution in [0.15, 0.2) is 67.3 Å². The largest absolute Gasteiger partial charge is 0.832 e. The van der Waals surface area contributed by atoms with Crippen molar-refractivity contribution in [2.45, 2.75) is 39.5 Å². The lowest BCUT2D eigenvalue weighted by molar-refractivity contribution is -0.671. The van der Waals surface area contributed by atoms with Gasteiger partial charge in [0.15, 0.2) is 0 Å². The van der Waals surface area contributed by atoms with Crippen molar-refractivity contribution in [2.75, 3.05) is 0 Å². The molecule has 8 heteroatoms. The summed E-state index contributed by atoms with van der Waals surface area (Å²) in [6.07, 6.45) is 8.82. The van der Waals surface area contributed by atoms with Gasteiger partial charge in [-0.05, 0) is 18.6 Å². The summed E-state index contributed by atoms with van der Waals surface area (Å²) in [5, 5.41) is 30.5. The number of para-hydroxylation sites is 2. The number of benzene rings is 2. The molecule has 0 aliphatic heterocycles. The van der Waals surface area contributed by atoms with Gasteiger partial charge in [0.05, 0.1) is 26.8 Å². The van der Waals surface area contributed by atoms with Gasteiger partial charge < -0.3 is 24.5 Å². The average Bonchev–Trinajstić information content (AvgIpc) is 3.16. The van der Waals surface area contributed by atoms with Crippen LogP contribution in [0.5, 0.6) is 11.5 Å². The van der Waals surface area contributed by atoms with Crippen LogP contribution in [-0.2, 0) is 36.1 Å². The summed E-state index contributed by atoms with van der Waals surface area (Å²) in [7, 11) is 0.358. The van der Waals surface area contributed by atoms with Crippen LogP contribution < -0.4 is 9.59 Å². The van der Waals surface area contributed by atoms with Gasteiger partial charge in [-0.1, -0.05) is 49.7 Å². The lowest BCUT2D eigenvalue weighted by Crippen LogP contribution is -2.37. The molecule has 0 radical (unpaired) electrons. The number of aromatic hydroxyl groups is 2. The molecule has 1 aromatic heterocycles. The van der Waals surface area contributed by atoms with Gasteiger partial charge in [-0.2, -0.15) is 0 Å². The maximum Gasteiger partial charge on any atom is 0.345 e. The number of unbranched alkanes of at least 4 members (excludes halogenated alkanes) is 1. The molecule has 30 heavy (non-hydrogen) atoms. The van der Waals surface area contributed by atoms with Crippen LogP contribution in [0, 0.1) is 0 Å². The Bertz CT molecular complexity index is 838. The van der Waals surface area contributed by atoms with Gasteiger partial charge >= 0.3 is 7.32 Å². The number of phenolic OH excluding ortho intramolecular Hbond substituents is 2. The Morgan fingerprint density at radius 1 is 0.967 bits per heavy atom. The van der Waals surface area contributed by atoms with Crippen LogP contribution in [-0.4, -0.2) is 22.1 Å². The Balaban J connectivity index is 0.000000269. The second-order valence-corrected chi connectivity index (χ2v) is 6.84.